The van der Waals surface area contributed by atoms with Crippen LogP contribution in [0.2, 0.25) is 0 Å². The van der Waals surface area contributed by atoms with E-state index in [-0.39, 0.29) is 17.9 Å². The summed E-state index contributed by atoms with van der Waals surface area (Å²) in [6.45, 7) is 6.35. The molecule has 0 saturated carbocycles. The van der Waals surface area contributed by atoms with Gasteiger partial charge >= 0.3 is 6.09 Å². The number of hydrogen-bond donors (Lipinski definition) is 0. The molecule has 6 heteroatoms. The molecule has 1 unspecified atom stereocenters. The summed E-state index contributed by atoms with van der Waals surface area (Å²) >= 11 is 0. The van der Waals surface area contributed by atoms with Gasteiger partial charge in [0.15, 0.2) is 0 Å². The van der Waals surface area contributed by atoms with Crippen LogP contribution in [-0.4, -0.2) is 52.4 Å². The van der Waals surface area contributed by atoms with Crippen molar-refractivity contribution >= 4 is 17.9 Å². The Labute approximate surface area is 141 Å². The number of benzene rings is 1. The molecule has 24 heavy (non-hydrogen) atoms. The van der Waals surface area contributed by atoms with Gasteiger partial charge in [-0.2, -0.15) is 0 Å². The minimum atomic E-state index is -0.570. The van der Waals surface area contributed by atoms with Gasteiger partial charge in [-0.3, -0.25) is 14.5 Å². The summed E-state index contributed by atoms with van der Waals surface area (Å²) in [6, 6.07) is 6.54. The zero-order valence-electron chi connectivity index (χ0n) is 14.2. The van der Waals surface area contributed by atoms with Crippen molar-refractivity contribution in [1.29, 1.82) is 0 Å². The third-order valence-corrected chi connectivity index (χ3v) is 4.24. The average Bonchev–Trinajstić information content (AvgIpc) is 2.78. The van der Waals surface area contributed by atoms with E-state index in [0.717, 1.165) is 6.42 Å². The smallest absolute Gasteiger partial charge is 0.410 e. The van der Waals surface area contributed by atoms with Gasteiger partial charge in [0, 0.05) is 13.1 Å². The lowest BCUT2D eigenvalue weighted by Crippen LogP contribution is -2.52. The fourth-order valence-electron chi connectivity index (χ4n) is 3.20. The summed E-state index contributed by atoms with van der Waals surface area (Å²) in [5.41, 5.74) is 0.313. The predicted octanol–water partition coefficient (Wildman–Crippen LogP) is 2.68. The largest absolute Gasteiger partial charge is 0.444 e. The topological polar surface area (TPSA) is 66.9 Å². The molecule has 0 bridgehead atoms. The molecule has 0 aromatic heterocycles. The van der Waals surface area contributed by atoms with Crippen molar-refractivity contribution in [1.82, 2.24) is 9.80 Å². The van der Waals surface area contributed by atoms with Crippen LogP contribution in [0.1, 0.15) is 54.3 Å². The Kier molecular flexibility index (Phi) is 4.07. The molecular formula is C18H22N2O4. The van der Waals surface area contributed by atoms with Crippen LogP contribution in [0.3, 0.4) is 0 Å². The number of nitrogens with zero attached hydrogens (tertiary/aromatic N) is 2. The Hall–Kier alpha value is -2.37. The molecule has 0 N–H and O–H groups in total. The van der Waals surface area contributed by atoms with Crippen LogP contribution in [0.25, 0.3) is 0 Å². The van der Waals surface area contributed by atoms with E-state index in [1.54, 1.807) is 29.2 Å². The van der Waals surface area contributed by atoms with E-state index in [2.05, 4.69) is 0 Å². The number of fused-ring (bicyclic) bond motifs is 1. The summed E-state index contributed by atoms with van der Waals surface area (Å²) in [4.78, 5) is 40.3. The highest BCUT2D eigenvalue weighted by Gasteiger charge is 2.42. The number of amides is 3. The molecule has 0 spiro atoms. The number of carbonyl (C=O) groups is 3. The number of likely N-dealkylation sites (tertiary alicyclic amines) is 1. The first-order chi connectivity index (χ1) is 11.3. The van der Waals surface area contributed by atoms with Gasteiger partial charge in [0.25, 0.3) is 11.8 Å². The number of hydrogen-bond acceptors (Lipinski definition) is 4. The number of piperidine rings is 1. The molecule has 2 heterocycles. The second-order valence-corrected chi connectivity index (χ2v) is 7.25. The van der Waals surface area contributed by atoms with Crippen LogP contribution in [0.15, 0.2) is 24.3 Å². The van der Waals surface area contributed by atoms with Crippen molar-refractivity contribution in [3.8, 4) is 0 Å². The van der Waals surface area contributed by atoms with Crippen LogP contribution >= 0.6 is 0 Å². The first kappa shape index (κ1) is 16.5. The molecule has 0 aliphatic carbocycles. The molecule has 1 aromatic rings. The first-order valence-corrected chi connectivity index (χ1v) is 8.23. The number of ether oxygens (including phenoxy) is 1. The Morgan fingerprint density at radius 1 is 1.12 bits per heavy atom. The molecule has 2 aliphatic heterocycles. The van der Waals surface area contributed by atoms with Gasteiger partial charge in [-0.25, -0.2) is 4.79 Å². The highest BCUT2D eigenvalue weighted by molar-refractivity contribution is 6.21. The summed E-state index contributed by atoms with van der Waals surface area (Å²) in [5, 5.41) is 0. The number of carbonyl (C=O) groups excluding carboxylic acids is 3. The molecule has 1 fully saturated rings. The maximum Gasteiger partial charge on any atom is 0.410 e. The molecule has 1 saturated heterocycles. The molecule has 1 atom stereocenters. The highest BCUT2D eigenvalue weighted by Crippen LogP contribution is 2.28. The third kappa shape index (κ3) is 3.00. The van der Waals surface area contributed by atoms with Gasteiger partial charge in [0.1, 0.15) is 5.60 Å². The lowest BCUT2D eigenvalue weighted by Gasteiger charge is -2.37. The second-order valence-electron chi connectivity index (χ2n) is 7.25. The summed E-state index contributed by atoms with van der Waals surface area (Å²) in [6.07, 6.45) is 1.03. The van der Waals surface area contributed by atoms with Crippen molar-refractivity contribution in [2.24, 2.45) is 0 Å². The molecule has 6 nitrogen and oxygen atoms in total. The Morgan fingerprint density at radius 2 is 1.71 bits per heavy atom. The van der Waals surface area contributed by atoms with Crippen LogP contribution < -0.4 is 0 Å². The standard InChI is InChI=1S/C18H22N2O4/c1-18(2,3)24-17(23)19-10-6-7-12(11-19)20-15(21)13-8-4-5-9-14(13)16(20)22/h4-5,8-9,12H,6-7,10-11H2,1-3H3. The van der Waals surface area contributed by atoms with Gasteiger partial charge in [0.05, 0.1) is 17.2 Å². The molecule has 0 radical (unpaired) electrons. The molecule has 128 valence electrons. The van der Waals surface area contributed by atoms with Crippen molar-refractivity contribution in [2.75, 3.05) is 13.1 Å². The Bertz CT molecular complexity index is 658. The molecule has 3 rings (SSSR count). The van der Waals surface area contributed by atoms with Gasteiger partial charge in [-0.15, -0.1) is 0 Å². The van der Waals surface area contributed by atoms with Crippen molar-refractivity contribution in [2.45, 2.75) is 45.3 Å². The third-order valence-electron chi connectivity index (χ3n) is 4.24. The van der Waals surface area contributed by atoms with E-state index in [1.807, 2.05) is 20.8 Å². The van der Waals surface area contributed by atoms with Gasteiger partial charge in [-0.1, -0.05) is 12.1 Å². The maximum atomic E-state index is 12.6. The van der Waals surface area contributed by atoms with E-state index >= 15 is 0 Å². The summed E-state index contributed by atoms with van der Waals surface area (Å²) in [5.74, 6) is -0.543. The van der Waals surface area contributed by atoms with E-state index < -0.39 is 11.7 Å². The van der Waals surface area contributed by atoms with E-state index in [9.17, 15) is 14.4 Å². The fraction of sp³-hybridized carbons (Fsp3) is 0.500. The molecule has 1 aromatic carbocycles. The van der Waals surface area contributed by atoms with E-state index in [0.29, 0.717) is 30.6 Å². The van der Waals surface area contributed by atoms with Crippen molar-refractivity contribution < 1.29 is 19.1 Å². The first-order valence-electron chi connectivity index (χ1n) is 8.23. The normalized spacial score (nSPS) is 21.0. The maximum absolute atomic E-state index is 12.6. The molecule has 2 aliphatic rings. The van der Waals surface area contributed by atoms with Crippen LogP contribution in [0, 0.1) is 0 Å². The van der Waals surface area contributed by atoms with Crippen LogP contribution in [0.5, 0.6) is 0 Å². The second kappa shape index (κ2) is 5.92. The molecular weight excluding hydrogens is 308 g/mol. The zero-order chi connectivity index (χ0) is 17.5. The van der Waals surface area contributed by atoms with Crippen molar-refractivity contribution in [3.05, 3.63) is 35.4 Å². The van der Waals surface area contributed by atoms with Crippen LogP contribution in [-0.2, 0) is 4.74 Å². The quantitative estimate of drug-likeness (QED) is 0.743. The van der Waals surface area contributed by atoms with E-state index in [4.69, 9.17) is 4.74 Å². The van der Waals surface area contributed by atoms with Crippen molar-refractivity contribution in [3.63, 3.8) is 0 Å². The zero-order valence-corrected chi connectivity index (χ0v) is 14.2. The summed E-state index contributed by atoms with van der Waals surface area (Å²) in [7, 11) is 0. The predicted molar refractivity (Wildman–Crippen MR) is 87.8 cm³/mol. The van der Waals surface area contributed by atoms with Gasteiger partial charge in [-0.05, 0) is 45.7 Å². The minimum Gasteiger partial charge on any atom is -0.444 e. The lowest BCUT2D eigenvalue weighted by molar-refractivity contribution is 0.0110. The van der Waals surface area contributed by atoms with Crippen LogP contribution in [0.4, 0.5) is 4.79 Å². The highest BCUT2D eigenvalue weighted by atomic mass is 16.6. The number of imide groups is 1. The van der Waals surface area contributed by atoms with Gasteiger partial charge < -0.3 is 9.64 Å². The minimum absolute atomic E-state index is 0.272. The monoisotopic (exact) mass is 330 g/mol. The summed E-state index contributed by atoms with van der Waals surface area (Å²) < 4.78 is 5.40. The average molecular weight is 330 g/mol. The molecule has 3 amide bonds. The SMILES string of the molecule is CC(C)(C)OC(=O)N1CCCC(N2C(=O)c3ccccc3C2=O)C1. The van der Waals surface area contributed by atoms with E-state index in [1.165, 1.54) is 4.90 Å². The van der Waals surface area contributed by atoms with Gasteiger partial charge in [0.2, 0.25) is 0 Å². The Morgan fingerprint density at radius 3 is 2.25 bits per heavy atom. The fourth-order valence-corrected chi connectivity index (χ4v) is 3.20. The lowest BCUT2D eigenvalue weighted by atomic mass is 10.0. The number of rotatable bonds is 1. The Balaban J connectivity index is 1.75.